The molecule has 0 aliphatic carbocycles. The minimum atomic E-state index is -0.684. The van der Waals surface area contributed by atoms with E-state index < -0.39 is 17.6 Å². The fraction of sp³-hybridized carbons (Fsp3) is 0.160. The number of hydrogen-bond donors (Lipinski definition) is 2. The zero-order valence-electron chi connectivity index (χ0n) is 18.6. The number of carbonyl (C=O) groups excluding carboxylic acids is 2. The third-order valence-corrected chi connectivity index (χ3v) is 5.60. The molecule has 0 saturated heterocycles. The van der Waals surface area contributed by atoms with Crippen LogP contribution >= 0.6 is 11.6 Å². The molecular weight excluding hydrogens is 459 g/mol. The largest absolute Gasteiger partial charge is 0.497 e. The van der Waals surface area contributed by atoms with Crippen LogP contribution in [0, 0.1) is 5.82 Å². The minimum Gasteiger partial charge on any atom is -0.497 e. The van der Waals surface area contributed by atoms with E-state index in [1.807, 2.05) is 11.9 Å². The van der Waals surface area contributed by atoms with Crippen LogP contribution in [0.15, 0.2) is 65.7 Å². The Balaban J connectivity index is 1.58. The van der Waals surface area contributed by atoms with Gasteiger partial charge in [-0.15, -0.1) is 0 Å². The van der Waals surface area contributed by atoms with Crippen molar-refractivity contribution in [3.05, 3.63) is 88.2 Å². The average molecular weight is 481 g/mol. The van der Waals surface area contributed by atoms with Gasteiger partial charge in [-0.25, -0.2) is 4.39 Å². The number of halogens is 2. The lowest BCUT2D eigenvalue weighted by atomic mass is 10.1. The number of carbonyl (C=O) groups is 2. The van der Waals surface area contributed by atoms with Crippen LogP contribution in [0.25, 0.3) is 0 Å². The summed E-state index contributed by atoms with van der Waals surface area (Å²) in [6.07, 6.45) is 0. The molecule has 0 aromatic heterocycles. The van der Waals surface area contributed by atoms with Crippen LogP contribution in [0.1, 0.15) is 26.3 Å². The summed E-state index contributed by atoms with van der Waals surface area (Å²) in [5.74, 6) is -0.733. The van der Waals surface area contributed by atoms with Gasteiger partial charge in [0.1, 0.15) is 17.4 Å². The van der Waals surface area contributed by atoms with Gasteiger partial charge in [-0.05, 0) is 54.6 Å². The average Bonchev–Trinajstić information content (AvgIpc) is 3.26. The van der Waals surface area contributed by atoms with Crippen LogP contribution in [-0.4, -0.2) is 49.8 Å². The van der Waals surface area contributed by atoms with Gasteiger partial charge >= 0.3 is 0 Å². The van der Waals surface area contributed by atoms with E-state index in [9.17, 15) is 14.0 Å². The molecule has 0 atom stereocenters. The number of amidine groups is 1. The monoisotopic (exact) mass is 480 g/mol. The standard InChI is InChI=1S/C25H22ClFN4O3/c1-31-12-11-28-23(31)15-3-9-19(21(27)13-15)24(32)30-22-10-8-18(34-2)14-20(22)25(33)29-17-6-4-16(26)5-7-17/h3-10,13-14H,11-12H2,1-2H3,(H,29,33)(H,30,32). The van der Waals surface area contributed by atoms with E-state index in [1.54, 1.807) is 36.4 Å². The molecule has 1 heterocycles. The van der Waals surface area contributed by atoms with Gasteiger partial charge < -0.3 is 20.3 Å². The van der Waals surface area contributed by atoms with Gasteiger partial charge in [-0.2, -0.15) is 0 Å². The SMILES string of the molecule is COc1ccc(NC(=O)c2ccc(C3=NCCN3C)cc2F)c(C(=O)Nc2ccc(Cl)cc2)c1. The van der Waals surface area contributed by atoms with Gasteiger partial charge in [-0.1, -0.05) is 17.7 Å². The van der Waals surface area contributed by atoms with E-state index in [-0.39, 0.29) is 16.8 Å². The molecule has 0 bridgehead atoms. The summed E-state index contributed by atoms with van der Waals surface area (Å²) in [4.78, 5) is 32.1. The molecule has 4 rings (SSSR count). The Labute approximate surface area is 201 Å². The number of nitrogens with zero attached hydrogens (tertiary/aromatic N) is 2. The first kappa shape index (κ1) is 23.3. The second-order valence-corrected chi connectivity index (χ2v) is 8.08. The molecule has 9 heteroatoms. The lowest BCUT2D eigenvalue weighted by Crippen LogP contribution is -2.24. The highest BCUT2D eigenvalue weighted by Gasteiger charge is 2.20. The van der Waals surface area contributed by atoms with Crippen molar-refractivity contribution >= 4 is 40.6 Å². The lowest BCUT2D eigenvalue weighted by molar-refractivity contribution is 0.102. The molecule has 1 aliphatic rings. The Morgan fingerprint density at radius 3 is 2.38 bits per heavy atom. The van der Waals surface area contributed by atoms with Crippen molar-refractivity contribution in [1.29, 1.82) is 0 Å². The van der Waals surface area contributed by atoms with Crippen LogP contribution in [-0.2, 0) is 0 Å². The topological polar surface area (TPSA) is 83.0 Å². The molecule has 7 nitrogen and oxygen atoms in total. The number of ether oxygens (including phenoxy) is 1. The minimum absolute atomic E-state index is 0.148. The summed E-state index contributed by atoms with van der Waals surface area (Å²) < 4.78 is 20.1. The van der Waals surface area contributed by atoms with E-state index in [4.69, 9.17) is 16.3 Å². The lowest BCUT2D eigenvalue weighted by Gasteiger charge is -2.15. The predicted molar refractivity (Wildman–Crippen MR) is 131 cm³/mol. The number of nitrogens with one attached hydrogen (secondary N) is 2. The van der Waals surface area contributed by atoms with Gasteiger partial charge in [0.2, 0.25) is 0 Å². The summed E-state index contributed by atoms with van der Waals surface area (Å²) in [6, 6.07) is 15.6. The normalized spacial score (nSPS) is 12.8. The zero-order chi connectivity index (χ0) is 24.2. The molecule has 0 spiro atoms. The summed E-state index contributed by atoms with van der Waals surface area (Å²) in [7, 11) is 3.35. The van der Waals surface area contributed by atoms with Crippen LogP contribution < -0.4 is 15.4 Å². The molecule has 2 amide bonds. The van der Waals surface area contributed by atoms with E-state index in [2.05, 4.69) is 15.6 Å². The fourth-order valence-corrected chi connectivity index (χ4v) is 3.68. The molecule has 0 saturated carbocycles. The number of anilines is 2. The van der Waals surface area contributed by atoms with Crippen molar-refractivity contribution in [3.8, 4) is 5.75 Å². The summed E-state index contributed by atoms with van der Waals surface area (Å²) in [5.41, 5.74) is 1.34. The number of benzene rings is 3. The molecule has 1 aliphatic heterocycles. The highest BCUT2D eigenvalue weighted by Crippen LogP contribution is 2.25. The maximum Gasteiger partial charge on any atom is 0.258 e. The first-order chi connectivity index (χ1) is 16.4. The van der Waals surface area contributed by atoms with Gasteiger partial charge in [0.05, 0.1) is 30.5 Å². The first-order valence-corrected chi connectivity index (χ1v) is 10.9. The molecular formula is C25H22ClFN4O3. The van der Waals surface area contributed by atoms with Crippen LogP contribution in [0.5, 0.6) is 5.75 Å². The van der Waals surface area contributed by atoms with Crippen molar-refractivity contribution in [2.24, 2.45) is 4.99 Å². The smallest absolute Gasteiger partial charge is 0.258 e. The van der Waals surface area contributed by atoms with Crippen molar-refractivity contribution < 1.29 is 18.7 Å². The van der Waals surface area contributed by atoms with Gasteiger partial charge in [0.15, 0.2) is 0 Å². The van der Waals surface area contributed by atoms with Gasteiger partial charge in [-0.3, -0.25) is 14.6 Å². The van der Waals surface area contributed by atoms with Crippen molar-refractivity contribution in [2.75, 3.05) is 37.9 Å². The van der Waals surface area contributed by atoms with Gasteiger partial charge in [0.25, 0.3) is 11.8 Å². The Morgan fingerprint density at radius 1 is 1.00 bits per heavy atom. The van der Waals surface area contributed by atoms with E-state index in [0.29, 0.717) is 34.4 Å². The van der Waals surface area contributed by atoms with Crippen molar-refractivity contribution in [3.63, 3.8) is 0 Å². The summed E-state index contributed by atoms with van der Waals surface area (Å²) in [5, 5.41) is 5.92. The number of amides is 2. The number of aliphatic imine (C=N–C) groups is 1. The molecule has 0 unspecified atom stereocenters. The maximum atomic E-state index is 14.8. The number of rotatable bonds is 6. The third-order valence-electron chi connectivity index (χ3n) is 5.35. The second kappa shape index (κ2) is 9.93. The molecule has 174 valence electrons. The fourth-order valence-electron chi connectivity index (χ4n) is 3.55. The Kier molecular flexibility index (Phi) is 6.79. The highest BCUT2D eigenvalue weighted by atomic mass is 35.5. The molecule has 34 heavy (non-hydrogen) atoms. The second-order valence-electron chi connectivity index (χ2n) is 7.65. The van der Waals surface area contributed by atoms with E-state index >= 15 is 0 Å². The number of likely N-dealkylation sites (N-methyl/N-ethyl adjacent to an activating group) is 1. The number of methoxy groups -OCH3 is 1. The molecule has 3 aromatic rings. The quantitative estimate of drug-likeness (QED) is 0.536. The summed E-state index contributed by atoms with van der Waals surface area (Å²) >= 11 is 5.90. The molecule has 0 fully saturated rings. The predicted octanol–water partition coefficient (Wildman–Crippen LogP) is 4.68. The number of hydrogen-bond acceptors (Lipinski definition) is 5. The Hall–Kier alpha value is -3.91. The molecule has 3 aromatic carbocycles. The summed E-state index contributed by atoms with van der Waals surface area (Å²) in [6.45, 7) is 1.41. The van der Waals surface area contributed by atoms with Crippen LogP contribution in [0.3, 0.4) is 0 Å². The maximum absolute atomic E-state index is 14.8. The Bertz CT molecular complexity index is 1280. The van der Waals surface area contributed by atoms with Crippen molar-refractivity contribution in [2.45, 2.75) is 0 Å². The van der Waals surface area contributed by atoms with E-state index in [0.717, 1.165) is 6.54 Å². The first-order valence-electron chi connectivity index (χ1n) is 10.5. The van der Waals surface area contributed by atoms with Crippen LogP contribution in [0.2, 0.25) is 5.02 Å². The van der Waals surface area contributed by atoms with Crippen LogP contribution in [0.4, 0.5) is 15.8 Å². The Morgan fingerprint density at radius 2 is 1.74 bits per heavy atom. The molecule has 0 radical (unpaired) electrons. The molecule has 2 N–H and O–H groups in total. The van der Waals surface area contributed by atoms with E-state index in [1.165, 1.54) is 31.4 Å². The van der Waals surface area contributed by atoms with Gasteiger partial charge in [0, 0.05) is 29.9 Å². The van der Waals surface area contributed by atoms with Crippen molar-refractivity contribution in [1.82, 2.24) is 4.90 Å². The highest BCUT2D eigenvalue weighted by molar-refractivity contribution is 6.30. The third kappa shape index (κ3) is 5.02. The zero-order valence-corrected chi connectivity index (χ0v) is 19.3.